The van der Waals surface area contributed by atoms with Crippen LogP contribution in [-0.4, -0.2) is 15.9 Å². The molecule has 0 bridgehead atoms. The molecule has 0 aliphatic rings. The van der Waals surface area contributed by atoms with E-state index < -0.39 is 0 Å². The van der Waals surface area contributed by atoms with Crippen molar-refractivity contribution in [3.8, 4) is 0 Å². The maximum Gasteiger partial charge on any atom is 0.277 e. The first-order valence-corrected chi connectivity index (χ1v) is 9.45. The summed E-state index contributed by atoms with van der Waals surface area (Å²) in [4.78, 5) is 23.6. The molecule has 1 amide bonds. The molecule has 5 nitrogen and oxygen atoms in total. The van der Waals surface area contributed by atoms with Gasteiger partial charge in [0.1, 0.15) is 11.5 Å². The number of anilines is 3. The van der Waals surface area contributed by atoms with E-state index in [0.29, 0.717) is 12.2 Å². The predicted molar refractivity (Wildman–Crippen MR) is 115 cm³/mol. The van der Waals surface area contributed by atoms with Gasteiger partial charge in [-0.1, -0.05) is 48.5 Å². The van der Waals surface area contributed by atoms with Gasteiger partial charge in [0.25, 0.3) is 5.91 Å². The van der Waals surface area contributed by atoms with Crippen molar-refractivity contribution in [1.29, 1.82) is 0 Å². The number of aromatic nitrogens is 2. The van der Waals surface area contributed by atoms with Crippen LogP contribution in [0.2, 0.25) is 0 Å². The molecular weight excluding hydrogens is 379 g/mol. The number of hydrogen-bond acceptors (Lipinski definition) is 4. The topological polar surface area (TPSA) is 58.1 Å². The molecular formula is C24H19FN4O. The molecule has 0 aliphatic heterocycles. The first-order valence-electron chi connectivity index (χ1n) is 9.45. The van der Waals surface area contributed by atoms with Gasteiger partial charge in [-0.05, 0) is 48.0 Å². The molecule has 1 heterocycles. The first-order chi connectivity index (χ1) is 14.7. The number of amides is 1. The molecule has 148 valence electrons. The molecule has 0 aliphatic carbocycles. The molecule has 4 aromatic rings. The zero-order valence-corrected chi connectivity index (χ0v) is 16.1. The summed E-state index contributed by atoms with van der Waals surface area (Å²) in [7, 11) is 0. The van der Waals surface area contributed by atoms with Gasteiger partial charge in [-0.2, -0.15) is 0 Å². The van der Waals surface area contributed by atoms with Gasteiger partial charge in [0.15, 0.2) is 0 Å². The van der Waals surface area contributed by atoms with E-state index in [-0.39, 0.29) is 23.4 Å². The van der Waals surface area contributed by atoms with Crippen molar-refractivity contribution in [3.63, 3.8) is 0 Å². The number of para-hydroxylation sites is 1. The molecule has 0 saturated heterocycles. The zero-order chi connectivity index (χ0) is 20.8. The summed E-state index contributed by atoms with van der Waals surface area (Å²) in [6, 6.07) is 26.7. The second-order valence-electron chi connectivity index (χ2n) is 6.61. The Morgan fingerprint density at radius 1 is 0.867 bits per heavy atom. The van der Waals surface area contributed by atoms with Gasteiger partial charge < -0.3 is 10.2 Å². The fraction of sp³-hybridized carbons (Fsp3) is 0.0417. The van der Waals surface area contributed by atoms with Gasteiger partial charge >= 0.3 is 0 Å². The highest BCUT2D eigenvalue weighted by atomic mass is 19.1. The van der Waals surface area contributed by atoms with Gasteiger partial charge in [-0.3, -0.25) is 4.79 Å². The highest BCUT2D eigenvalue weighted by Gasteiger charge is 2.20. The van der Waals surface area contributed by atoms with Crippen molar-refractivity contribution >= 4 is 23.2 Å². The Morgan fingerprint density at radius 3 is 2.23 bits per heavy atom. The van der Waals surface area contributed by atoms with Crippen LogP contribution >= 0.6 is 0 Å². The molecule has 0 unspecified atom stereocenters. The molecule has 0 spiro atoms. The fourth-order valence-corrected chi connectivity index (χ4v) is 2.99. The molecule has 30 heavy (non-hydrogen) atoms. The molecule has 1 N–H and O–H groups in total. The third kappa shape index (κ3) is 4.67. The lowest BCUT2D eigenvalue weighted by atomic mass is 10.2. The standard InChI is InChI=1S/C24H19FN4O/c25-19-11-13-20(14-12-19)27-24-26-16-15-22(28-24)23(30)29(21-9-5-2-6-10-21)17-18-7-3-1-4-8-18/h1-16H,17H2,(H,26,27,28). The number of rotatable bonds is 6. The highest BCUT2D eigenvalue weighted by molar-refractivity contribution is 6.04. The molecule has 3 aromatic carbocycles. The van der Waals surface area contributed by atoms with Crippen LogP contribution in [0.15, 0.2) is 97.2 Å². The lowest BCUT2D eigenvalue weighted by molar-refractivity contribution is 0.0980. The normalized spacial score (nSPS) is 10.4. The smallest absolute Gasteiger partial charge is 0.277 e. The van der Waals surface area contributed by atoms with Crippen LogP contribution < -0.4 is 10.2 Å². The molecule has 6 heteroatoms. The largest absolute Gasteiger partial charge is 0.324 e. The highest BCUT2D eigenvalue weighted by Crippen LogP contribution is 2.20. The van der Waals surface area contributed by atoms with Crippen LogP contribution in [0.3, 0.4) is 0 Å². The second kappa shape index (κ2) is 8.96. The average Bonchev–Trinajstić information content (AvgIpc) is 2.80. The summed E-state index contributed by atoms with van der Waals surface area (Å²) in [5.74, 6) is -0.306. The van der Waals surface area contributed by atoms with E-state index in [0.717, 1.165) is 11.3 Å². The summed E-state index contributed by atoms with van der Waals surface area (Å²) in [6.45, 7) is 0.411. The molecule has 4 rings (SSSR count). The number of carbonyl (C=O) groups excluding carboxylic acids is 1. The SMILES string of the molecule is O=C(c1ccnc(Nc2ccc(F)cc2)n1)N(Cc1ccccc1)c1ccccc1. The summed E-state index contributed by atoms with van der Waals surface area (Å²) >= 11 is 0. The Hall–Kier alpha value is -4.06. The third-order valence-corrected chi connectivity index (χ3v) is 4.47. The van der Waals surface area contributed by atoms with Crippen molar-refractivity contribution in [2.75, 3.05) is 10.2 Å². The van der Waals surface area contributed by atoms with Gasteiger partial charge in [0, 0.05) is 17.6 Å². The van der Waals surface area contributed by atoms with Crippen LogP contribution in [0.5, 0.6) is 0 Å². The summed E-state index contributed by atoms with van der Waals surface area (Å²) in [5.41, 5.74) is 2.67. The van der Waals surface area contributed by atoms with Crippen LogP contribution in [0, 0.1) is 5.82 Å². The Morgan fingerprint density at radius 2 is 1.53 bits per heavy atom. The van der Waals surface area contributed by atoms with E-state index in [9.17, 15) is 9.18 Å². The summed E-state index contributed by atoms with van der Waals surface area (Å²) in [6.07, 6.45) is 1.53. The summed E-state index contributed by atoms with van der Waals surface area (Å²) < 4.78 is 13.1. The summed E-state index contributed by atoms with van der Waals surface area (Å²) in [5, 5.41) is 3.00. The molecule has 0 fully saturated rings. The predicted octanol–water partition coefficient (Wildman–Crippen LogP) is 5.21. The number of hydrogen-bond donors (Lipinski definition) is 1. The Kier molecular flexibility index (Phi) is 5.75. The first kappa shape index (κ1) is 19.3. The Bertz CT molecular complexity index is 1120. The van der Waals surface area contributed by atoms with Gasteiger partial charge in [0.05, 0.1) is 6.54 Å². The minimum Gasteiger partial charge on any atom is -0.324 e. The van der Waals surface area contributed by atoms with Crippen LogP contribution in [0.4, 0.5) is 21.7 Å². The van der Waals surface area contributed by atoms with Gasteiger partial charge in [0.2, 0.25) is 5.95 Å². The van der Waals surface area contributed by atoms with Crippen LogP contribution in [0.1, 0.15) is 16.1 Å². The van der Waals surface area contributed by atoms with E-state index in [1.54, 1.807) is 23.1 Å². The molecule has 0 atom stereocenters. The van der Waals surface area contributed by atoms with Gasteiger partial charge in [-0.25, -0.2) is 14.4 Å². The minimum absolute atomic E-state index is 0.241. The molecule has 1 aromatic heterocycles. The maximum absolute atomic E-state index is 13.4. The Labute approximate surface area is 173 Å². The van der Waals surface area contributed by atoms with E-state index >= 15 is 0 Å². The van der Waals surface area contributed by atoms with Gasteiger partial charge in [-0.15, -0.1) is 0 Å². The minimum atomic E-state index is -0.329. The lowest BCUT2D eigenvalue weighted by Crippen LogP contribution is -2.31. The number of nitrogens with zero attached hydrogens (tertiary/aromatic N) is 3. The quantitative estimate of drug-likeness (QED) is 0.485. The van der Waals surface area contributed by atoms with E-state index in [2.05, 4.69) is 15.3 Å². The lowest BCUT2D eigenvalue weighted by Gasteiger charge is -2.23. The maximum atomic E-state index is 13.4. The van der Waals surface area contributed by atoms with E-state index in [1.165, 1.54) is 18.3 Å². The van der Waals surface area contributed by atoms with E-state index in [4.69, 9.17) is 0 Å². The number of carbonyl (C=O) groups is 1. The van der Waals surface area contributed by atoms with Crippen molar-refractivity contribution in [2.45, 2.75) is 6.54 Å². The third-order valence-electron chi connectivity index (χ3n) is 4.47. The average molecular weight is 398 g/mol. The zero-order valence-electron chi connectivity index (χ0n) is 16.1. The monoisotopic (exact) mass is 398 g/mol. The van der Waals surface area contributed by atoms with Crippen molar-refractivity contribution < 1.29 is 9.18 Å². The van der Waals surface area contributed by atoms with Crippen LogP contribution in [0.25, 0.3) is 0 Å². The number of halogens is 1. The van der Waals surface area contributed by atoms with Crippen molar-refractivity contribution in [1.82, 2.24) is 9.97 Å². The van der Waals surface area contributed by atoms with Crippen molar-refractivity contribution in [3.05, 3.63) is 114 Å². The second-order valence-corrected chi connectivity index (χ2v) is 6.61. The number of nitrogens with one attached hydrogen (secondary N) is 1. The molecule has 0 saturated carbocycles. The van der Waals surface area contributed by atoms with Crippen molar-refractivity contribution in [2.24, 2.45) is 0 Å². The number of benzene rings is 3. The fourth-order valence-electron chi connectivity index (χ4n) is 2.99. The van der Waals surface area contributed by atoms with Crippen LogP contribution in [-0.2, 0) is 6.54 Å². The van der Waals surface area contributed by atoms with E-state index in [1.807, 2.05) is 60.7 Å². The Balaban J connectivity index is 1.61. The molecule has 0 radical (unpaired) electrons.